The number of nitrogens with two attached hydrogens (primary N) is 1. The molecule has 0 aliphatic heterocycles. The largest absolute Gasteiger partial charge is 0.398 e. The Morgan fingerprint density at radius 2 is 1.30 bits per heavy atom. The average Bonchev–Trinajstić information content (AvgIpc) is 2.49. The summed E-state index contributed by atoms with van der Waals surface area (Å²) in [5.41, 5.74) is 13.0. The molecule has 0 spiro atoms. The van der Waals surface area contributed by atoms with Crippen molar-refractivity contribution in [2.75, 3.05) is 5.73 Å². The van der Waals surface area contributed by atoms with Crippen LogP contribution in [0.4, 0.5) is 5.69 Å². The molecule has 0 bridgehead atoms. The maximum Gasteiger partial charge on any atom is 0.0394 e. The fourth-order valence-electron chi connectivity index (χ4n) is 2.61. The molecular formula is C19H17N. The summed E-state index contributed by atoms with van der Waals surface area (Å²) in [5, 5.41) is 0. The molecule has 0 amide bonds. The van der Waals surface area contributed by atoms with E-state index in [2.05, 4.69) is 55.5 Å². The monoisotopic (exact) mass is 259 g/mol. The van der Waals surface area contributed by atoms with Gasteiger partial charge in [0, 0.05) is 11.3 Å². The predicted octanol–water partition coefficient (Wildman–Crippen LogP) is 4.91. The van der Waals surface area contributed by atoms with Crippen LogP contribution in [0.15, 0.2) is 72.8 Å². The fourth-order valence-corrected chi connectivity index (χ4v) is 2.61. The Balaban J connectivity index is 2.29. The Morgan fingerprint density at radius 3 is 2.05 bits per heavy atom. The van der Waals surface area contributed by atoms with Gasteiger partial charge in [-0.3, -0.25) is 0 Å². The summed E-state index contributed by atoms with van der Waals surface area (Å²) in [7, 11) is 0. The predicted molar refractivity (Wildman–Crippen MR) is 86.5 cm³/mol. The van der Waals surface area contributed by atoms with Crippen LogP contribution in [0.25, 0.3) is 22.3 Å². The second kappa shape index (κ2) is 5.22. The van der Waals surface area contributed by atoms with Gasteiger partial charge in [0.25, 0.3) is 0 Å². The first-order valence-electron chi connectivity index (χ1n) is 6.77. The molecule has 0 heterocycles. The van der Waals surface area contributed by atoms with Gasteiger partial charge in [-0.1, -0.05) is 66.7 Å². The lowest BCUT2D eigenvalue weighted by Gasteiger charge is -2.15. The van der Waals surface area contributed by atoms with Gasteiger partial charge in [0.15, 0.2) is 0 Å². The van der Waals surface area contributed by atoms with Crippen LogP contribution < -0.4 is 5.73 Å². The summed E-state index contributed by atoms with van der Waals surface area (Å²) in [6, 6.07) is 24.9. The van der Waals surface area contributed by atoms with Gasteiger partial charge >= 0.3 is 0 Å². The van der Waals surface area contributed by atoms with Gasteiger partial charge in [0.05, 0.1) is 0 Å². The van der Waals surface area contributed by atoms with Crippen LogP contribution in [-0.2, 0) is 0 Å². The van der Waals surface area contributed by atoms with E-state index in [4.69, 9.17) is 5.73 Å². The van der Waals surface area contributed by atoms with Gasteiger partial charge in [0.2, 0.25) is 0 Å². The molecule has 1 nitrogen and oxygen atoms in total. The molecule has 0 fully saturated rings. The fraction of sp³-hybridized carbons (Fsp3) is 0.0526. The van der Waals surface area contributed by atoms with Crippen molar-refractivity contribution in [1.82, 2.24) is 0 Å². The minimum absolute atomic E-state index is 0.819. The van der Waals surface area contributed by atoms with Gasteiger partial charge in [0.1, 0.15) is 0 Å². The van der Waals surface area contributed by atoms with Gasteiger partial charge < -0.3 is 5.73 Å². The molecule has 3 aromatic rings. The Bertz CT molecular complexity index is 730. The number of rotatable bonds is 2. The molecule has 0 aliphatic rings. The van der Waals surface area contributed by atoms with Crippen molar-refractivity contribution in [3.8, 4) is 22.3 Å². The molecule has 20 heavy (non-hydrogen) atoms. The topological polar surface area (TPSA) is 26.0 Å². The highest BCUT2D eigenvalue weighted by atomic mass is 14.6. The molecule has 0 aliphatic carbocycles. The van der Waals surface area contributed by atoms with Crippen molar-refractivity contribution in [2.24, 2.45) is 0 Å². The summed E-state index contributed by atoms with van der Waals surface area (Å²) in [6.07, 6.45) is 0. The molecule has 0 radical (unpaired) electrons. The quantitative estimate of drug-likeness (QED) is 0.650. The lowest BCUT2D eigenvalue weighted by atomic mass is 9.90. The van der Waals surface area contributed by atoms with E-state index in [9.17, 15) is 0 Å². The molecule has 0 atom stereocenters. The highest BCUT2D eigenvalue weighted by Crippen LogP contribution is 2.37. The molecule has 0 saturated carbocycles. The van der Waals surface area contributed by atoms with Crippen LogP contribution in [0.5, 0.6) is 0 Å². The van der Waals surface area contributed by atoms with Crippen molar-refractivity contribution < 1.29 is 0 Å². The normalized spacial score (nSPS) is 10.4. The summed E-state index contributed by atoms with van der Waals surface area (Å²) in [5.74, 6) is 0. The first-order chi connectivity index (χ1) is 9.77. The first-order valence-corrected chi connectivity index (χ1v) is 6.77. The molecule has 98 valence electrons. The first kappa shape index (κ1) is 12.5. The molecule has 3 rings (SSSR count). The van der Waals surface area contributed by atoms with Gasteiger partial charge in [-0.2, -0.15) is 0 Å². The van der Waals surface area contributed by atoms with Crippen LogP contribution >= 0.6 is 0 Å². The van der Waals surface area contributed by atoms with Crippen LogP contribution in [0.3, 0.4) is 0 Å². The molecular weight excluding hydrogens is 242 g/mol. The minimum atomic E-state index is 0.819. The van der Waals surface area contributed by atoms with Crippen molar-refractivity contribution in [3.63, 3.8) is 0 Å². The van der Waals surface area contributed by atoms with E-state index in [1.165, 1.54) is 22.3 Å². The zero-order valence-electron chi connectivity index (χ0n) is 11.5. The summed E-state index contributed by atoms with van der Waals surface area (Å²) < 4.78 is 0. The lowest BCUT2D eigenvalue weighted by Crippen LogP contribution is -1.94. The third-order valence-electron chi connectivity index (χ3n) is 3.59. The van der Waals surface area contributed by atoms with Gasteiger partial charge in [-0.05, 0) is 35.2 Å². The van der Waals surface area contributed by atoms with E-state index in [0.717, 1.165) is 11.3 Å². The number of aryl methyl sites for hydroxylation is 1. The van der Waals surface area contributed by atoms with E-state index in [-0.39, 0.29) is 0 Å². The van der Waals surface area contributed by atoms with E-state index in [1.807, 2.05) is 24.3 Å². The van der Waals surface area contributed by atoms with Gasteiger partial charge in [-0.25, -0.2) is 0 Å². The average molecular weight is 259 g/mol. The van der Waals surface area contributed by atoms with Crippen molar-refractivity contribution >= 4 is 5.69 Å². The maximum absolute atomic E-state index is 6.17. The number of hydrogen-bond donors (Lipinski definition) is 1. The van der Waals surface area contributed by atoms with E-state index >= 15 is 0 Å². The van der Waals surface area contributed by atoms with Crippen molar-refractivity contribution in [1.29, 1.82) is 0 Å². The number of para-hydroxylation sites is 1. The number of nitrogen functional groups attached to an aromatic ring is 1. The van der Waals surface area contributed by atoms with Crippen molar-refractivity contribution in [2.45, 2.75) is 6.92 Å². The van der Waals surface area contributed by atoms with Crippen LogP contribution in [0, 0.1) is 6.92 Å². The number of anilines is 1. The Labute approximate surface area is 119 Å². The van der Waals surface area contributed by atoms with E-state index < -0.39 is 0 Å². The number of benzene rings is 3. The molecule has 0 unspecified atom stereocenters. The maximum atomic E-state index is 6.17. The third-order valence-corrected chi connectivity index (χ3v) is 3.59. The zero-order chi connectivity index (χ0) is 13.9. The summed E-state index contributed by atoms with van der Waals surface area (Å²) in [6.45, 7) is 2.13. The summed E-state index contributed by atoms with van der Waals surface area (Å²) in [4.78, 5) is 0. The third kappa shape index (κ3) is 2.19. The van der Waals surface area contributed by atoms with Crippen LogP contribution in [0.2, 0.25) is 0 Å². The Hall–Kier alpha value is -2.54. The molecule has 1 heteroatoms. The second-order valence-corrected chi connectivity index (χ2v) is 4.95. The SMILES string of the molecule is Cc1cccc(-c2ccccc2)c1-c1ccccc1N. The van der Waals surface area contributed by atoms with E-state index in [1.54, 1.807) is 0 Å². The van der Waals surface area contributed by atoms with Gasteiger partial charge in [-0.15, -0.1) is 0 Å². The Kier molecular flexibility index (Phi) is 3.26. The number of hydrogen-bond acceptors (Lipinski definition) is 1. The zero-order valence-corrected chi connectivity index (χ0v) is 11.5. The minimum Gasteiger partial charge on any atom is -0.398 e. The molecule has 2 N–H and O–H groups in total. The second-order valence-electron chi connectivity index (χ2n) is 4.95. The molecule has 0 aromatic heterocycles. The smallest absolute Gasteiger partial charge is 0.0394 e. The highest BCUT2D eigenvalue weighted by molar-refractivity contribution is 5.90. The highest BCUT2D eigenvalue weighted by Gasteiger charge is 2.11. The standard InChI is InChI=1S/C19H17N/c1-14-8-7-12-16(15-9-3-2-4-10-15)19(14)17-11-5-6-13-18(17)20/h2-13H,20H2,1H3. The lowest BCUT2D eigenvalue weighted by molar-refractivity contribution is 1.45. The van der Waals surface area contributed by atoms with Crippen molar-refractivity contribution in [3.05, 3.63) is 78.4 Å². The van der Waals surface area contributed by atoms with E-state index in [0.29, 0.717) is 0 Å². The van der Waals surface area contributed by atoms with Crippen LogP contribution in [0.1, 0.15) is 5.56 Å². The van der Waals surface area contributed by atoms with Crippen LogP contribution in [-0.4, -0.2) is 0 Å². The molecule has 3 aromatic carbocycles. The summed E-state index contributed by atoms with van der Waals surface area (Å²) >= 11 is 0. The molecule has 0 saturated heterocycles. The Morgan fingerprint density at radius 1 is 0.650 bits per heavy atom.